The summed E-state index contributed by atoms with van der Waals surface area (Å²) in [6.45, 7) is 5.38. The predicted octanol–water partition coefficient (Wildman–Crippen LogP) is 0.424. The summed E-state index contributed by atoms with van der Waals surface area (Å²) >= 11 is 0. The summed E-state index contributed by atoms with van der Waals surface area (Å²) in [5.41, 5.74) is 0. The smallest absolute Gasteiger partial charge is 0.325 e. The van der Waals surface area contributed by atoms with E-state index in [2.05, 4.69) is 10.4 Å². The van der Waals surface area contributed by atoms with Crippen molar-refractivity contribution in [2.75, 3.05) is 13.2 Å². The second kappa shape index (κ2) is 6.19. The number of esters is 1. The SMILES string of the molecule is CCNC(Cn1cccn1)C(=O)OCC. The van der Waals surface area contributed by atoms with E-state index in [1.54, 1.807) is 17.8 Å². The Morgan fingerprint density at radius 3 is 2.93 bits per heavy atom. The van der Waals surface area contributed by atoms with E-state index in [-0.39, 0.29) is 12.0 Å². The number of ether oxygens (including phenoxy) is 1. The van der Waals surface area contributed by atoms with Crippen LogP contribution in [-0.4, -0.2) is 34.9 Å². The van der Waals surface area contributed by atoms with Gasteiger partial charge in [0.05, 0.1) is 13.2 Å². The minimum absolute atomic E-state index is 0.227. The maximum Gasteiger partial charge on any atom is 0.325 e. The third-order valence-corrected chi connectivity index (χ3v) is 1.95. The van der Waals surface area contributed by atoms with E-state index in [0.29, 0.717) is 13.2 Å². The molecule has 1 rings (SSSR count). The molecule has 1 N–H and O–H groups in total. The van der Waals surface area contributed by atoms with Crippen LogP contribution < -0.4 is 5.32 Å². The minimum atomic E-state index is -0.324. The van der Waals surface area contributed by atoms with Gasteiger partial charge in [-0.2, -0.15) is 5.10 Å². The first-order valence-electron chi connectivity index (χ1n) is 5.15. The monoisotopic (exact) mass is 211 g/mol. The molecule has 15 heavy (non-hydrogen) atoms. The number of nitrogens with zero attached hydrogens (tertiary/aromatic N) is 2. The fourth-order valence-electron chi connectivity index (χ4n) is 1.31. The van der Waals surface area contributed by atoms with Crippen molar-refractivity contribution >= 4 is 5.97 Å². The van der Waals surface area contributed by atoms with Gasteiger partial charge in [-0.05, 0) is 19.5 Å². The molecule has 84 valence electrons. The molecule has 0 aromatic carbocycles. The Labute approximate surface area is 89.4 Å². The number of hydrogen-bond acceptors (Lipinski definition) is 4. The fraction of sp³-hybridized carbons (Fsp3) is 0.600. The Bertz CT molecular complexity index is 285. The summed E-state index contributed by atoms with van der Waals surface area (Å²) in [6.07, 6.45) is 3.51. The highest BCUT2D eigenvalue weighted by molar-refractivity contribution is 5.75. The van der Waals surface area contributed by atoms with Crippen molar-refractivity contribution in [1.29, 1.82) is 0 Å². The first-order valence-corrected chi connectivity index (χ1v) is 5.15. The lowest BCUT2D eigenvalue weighted by atomic mass is 10.3. The van der Waals surface area contributed by atoms with Crippen LogP contribution in [-0.2, 0) is 16.1 Å². The lowest BCUT2D eigenvalue weighted by Crippen LogP contribution is -2.41. The summed E-state index contributed by atoms with van der Waals surface area (Å²) in [4.78, 5) is 11.5. The van der Waals surface area contributed by atoms with Crippen LogP contribution in [0.4, 0.5) is 0 Å². The molecule has 0 spiro atoms. The molecule has 1 atom stereocenters. The van der Waals surface area contributed by atoms with Crippen molar-refractivity contribution in [3.05, 3.63) is 18.5 Å². The van der Waals surface area contributed by atoms with Gasteiger partial charge in [0.1, 0.15) is 6.04 Å². The van der Waals surface area contributed by atoms with Crippen molar-refractivity contribution in [2.24, 2.45) is 0 Å². The molecule has 1 aromatic heterocycles. The third kappa shape index (κ3) is 3.71. The molecule has 0 radical (unpaired) electrons. The van der Waals surface area contributed by atoms with Gasteiger partial charge >= 0.3 is 5.97 Å². The highest BCUT2D eigenvalue weighted by Crippen LogP contribution is 1.95. The van der Waals surface area contributed by atoms with Crippen LogP contribution in [0.1, 0.15) is 13.8 Å². The number of rotatable bonds is 6. The van der Waals surface area contributed by atoms with Crippen LogP contribution in [0, 0.1) is 0 Å². The van der Waals surface area contributed by atoms with Crippen LogP contribution in [0.25, 0.3) is 0 Å². The second-order valence-electron chi connectivity index (χ2n) is 3.09. The Hall–Kier alpha value is -1.36. The molecule has 0 aliphatic heterocycles. The summed E-state index contributed by atoms with van der Waals surface area (Å²) in [5.74, 6) is -0.227. The molecule has 0 bridgehead atoms. The summed E-state index contributed by atoms with van der Waals surface area (Å²) in [5, 5.41) is 7.12. The third-order valence-electron chi connectivity index (χ3n) is 1.95. The number of nitrogens with one attached hydrogen (secondary N) is 1. The van der Waals surface area contributed by atoms with Gasteiger partial charge in [-0.3, -0.25) is 9.48 Å². The van der Waals surface area contributed by atoms with Crippen LogP contribution in [0.5, 0.6) is 0 Å². The Morgan fingerprint density at radius 2 is 2.40 bits per heavy atom. The van der Waals surface area contributed by atoms with Gasteiger partial charge in [0.2, 0.25) is 0 Å². The van der Waals surface area contributed by atoms with Gasteiger partial charge in [0, 0.05) is 12.4 Å². The van der Waals surface area contributed by atoms with Crippen LogP contribution >= 0.6 is 0 Å². The fourth-order valence-corrected chi connectivity index (χ4v) is 1.31. The van der Waals surface area contributed by atoms with Crippen molar-refractivity contribution in [3.8, 4) is 0 Å². The minimum Gasteiger partial charge on any atom is -0.465 e. The maximum atomic E-state index is 11.5. The van der Waals surface area contributed by atoms with Crippen LogP contribution in [0.2, 0.25) is 0 Å². The van der Waals surface area contributed by atoms with Gasteiger partial charge < -0.3 is 10.1 Å². The average Bonchev–Trinajstić information content (AvgIpc) is 2.70. The Kier molecular flexibility index (Phi) is 4.83. The van der Waals surface area contributed by atoms with E-state index >= 15 is 0 Å². The molecule has 0 fully saturated rings. The summed E-state index contributed by atoms with van der Waals surface area (Å²) < 4.78 is 6.68. The molecule has 1 aromatic rings. The van der Waals surface area contributed by atoms with Gasteiger partial charge in [-0.15, -0.1) is 0 Å². The van der Waals surface area contributed by atoms with Crippen LogP contribution in [0.15, 0.2) is 18.5 Å². The van der Waals surface area contributed by atoms with Gasteiger partial charge in [-0.25, -0.2) is 0 Å². The van der Waals surface area contributed by atoms with Crippen molar-refractivity contribution in [1.82, 2.24) is 15.1 Å². The molecule has 5 nitrogen and oxygen atoms in total. The molecule has 0 aliphatic carbocycles. The van der Waals surface area contributed by atoms with Gasteiger partial charge in [-0.1, -0.05) is 6.92 Å². The highest BCUT2D eigenvalue weighted by Gasteiger charge is 2.18. The van der Waals surface area contributed by atoms with Gasteiger partial charge in [0.25, 0.3) is 0 Å². The first-order chi connectivity index (χ1) is 7.27. The number of likely N-dealkylation sites (N-methyl/N-ethyl adjacent to an activating group) is 1. The zero-order valence-corrected chi connectivity index (χ0v) is 9.14. The topological polar surface area (TPSA) is 56.2 Å². The average molecular weight is 211 g/mol. The van der Waals surface area contributed by atoms with E-state index in [1.165, 1.54) is 0 Å². The van der Waals surface area contributed by atoms with Gasteiger partial charge in [0.15, 0.2) is 0 Å². The zero-order valence-electron chi connectivity index (χ0n) is 9.14. The first kappa shape index (κ1) is 11.7. The number of carbonyl (C=O) groups is 1. The standard InChI is InChI=1S/C10H17N3O2/c1-3-11-9(10(14)15-4-2)8-13-7-5-6-12-13/h5-7,9,11H,3-4,8H2,1-2H3. The molecular formula is C10H17N3O2. The molecule has 0 aliphatic rings. The van der Waals surface area contributed by atoms with Crippen molar-refractivity contribution < 1.29 is 9.53 Å². The molecule has 0 saturated heterocycles. The van der Waals surface area contributed by atoms with E-state index < -0.39 is 0 Å². The van der Waals surface area contributed by atoms with Crippen molar-refractivity contribution in [2.45, 2.75) is 26.4 Å². The molecular weight excluding hydrogens is 194 g/mol. The quantitative estimate of drug-likeness (QED) is 0.693. The highest BCUT2D eigenvalue weighted by atomic mass is 16.5. The second-order valence-corrected chi connectivity index (χ2v) is 3.09. The van der Waals surface area contributed by atoms with E-state index in [0.717, 1.165) is 6.54 Å². The zero-order chi connectivity index (χ0) is 11.1. The molecule has 1 unspecified atom stereocenters. The lowest BCUT2D eigenvalue weighted by Gasteiger charge is -2.15. The maximum absolute atomic E-state index is 11.5. The Balaban J connectivity index is 2.53. The van der Waals surface area contributed by atoms with E-state index in [9.17, 15) is 4.79 Å². The number of carbonyl (C=O) groups excluding carboxylic acids is 1. The Morgan fingerprint density at radius 1 is 1.60 bits per heavy atom. The summed E-state index contributed by atoms with van der Waals surface area (Å²) in [7, 11) is 0. The largest absolute Gasteiger partial charge is 0.465 e. The predicted molar refractivity (Wildman–Crippen MR) is 56.3 cm³/mol. The molecule has 0 amide bonds. The van der Waals surface area contributed by atoms with Crippen molar-refractivity contribution in [3.63, 3.8) is 0 Å². The van der Waals surface area contributed by atoms with E-state index in [4.69, 9.17) is 4.74 Å². The molecule has 0 saturated carbocycles. The van der Waals surface area contributed by atoms with E-state index in [1.807, 2.05) is 19.2 Å². The molecule has 5 heteroatoms. The number of hydrogen-bond donors (Lipinski definition) is 1. The normalized spacial score (nSPS) is 12.4. The molecule has 1 heterocycles. The van der Waals surface area contributed by atoms with Crippen LogP contribution in [0.3, 0.4) is 0 Å². The lowest BCUT2D eigenvalue weighted by molar-refractivity contribution is -0.146. The summed E-state index contributed by atoms with van der Waals surface area (Å²) in [6, 6.07) is 1.50. The number of aromatic nitrogens is 2.